The Morgan fingerprint density at radius 1 is 0.484 bits per heavy atom. The predicted octanol–water partition coefficient (Wildman–Crippen LogP) is 16.0. The Labute approximate surface area is 374 Å². The average Bonchev–Trinajstić information content (AvgIpc) is 3.98. The van der Waals surface area contributed by atoms with Gasteiger partial charge in [-0.15, -0.1) is 0 Å². The second-order valence-corrected chi connectivity index (χ2v) is 17.3. The molecule has 0 bridgehead atoms. The van der Waals surface area contributed by atoms with Crippen molar-refractivity contribution in [3.05, 3.63) is 198 Å². The molecule has 7 aromatic carbocycles. The van der Waals surface area contributed by atoms with Gasteiger partial charge in [-0.05, 0) is 155 Å². The number of para-hydroxylation sites is 3. The summed E-state index contributed by atoms with van der Waals surface area (Å²) in [7, 11) is 0. The molecule has 12 rings (SSSR count). The molecule has 5 nitrogen and oxygen atoms in total. The van der Waals surface area contributed by atoms with Crippen LogP contribution in [0.1, 0.15) is 49.9 Å². The summed E-state index contributed by atoms with van der Waals surface area (Å²) in [4.78, 5) is 4.94. The number of allylic oxidation sites excluding steroid dienone is 4. The number of hydrogen-bond acceptors (Lipinski definition) is 2. The van der Waals surface area contributed by atoms with Gasteiger partial charge in [-0.25, -0.2) is 0 Å². The van der Waals surface area contributed by atoms with Crippen molar-refractivity contribution in [3.8, 4) is 5.69 Å². The first-order valence-electron chi connectivity index (χ1n) is 23.1. The number of rotatable bonds is 9. The second kappa shape index (κ2) is 15.4. The fraction of sp³-hybridized carbons (Fsp3) is 0.153. The Kier molecular flexibility index (Phi) is 9.18. The van der Waals surface area contributed by atoms with Gasteiger partial charge in [0.2, 0.25) is 0 Å². The Hall–Kier alpha value is -7.50. The van der Waals surface area contributed by atoms with Gasteiger partial charge in [-0.3, -0.25) is 0 Å². The lowest BCUT2D eigenvalue weighted by Gasteiger charge is -2.28. The van der Waals surface area contributed by atoms with Crippen molar-refractivity contribution < 1.29 is 0 Å². The topological polar surface area (TPSA) is 21.3 Å². The third-order valence-electron chi connectivity index (χ3n) is 13.8. The monoisotopic (exact) mass is 829 g/mol. The minimum atomic E-state index is 0.923. The molecule has 0 saturated heterocycles. The normalized spacial score (nSPS) is 13.7. The van der Waals surface area contributed by atoms with Crippen molar-refractivity contribution in [3.63, 3.8) is 0 Å². The van der Waals surface area contributed by atoms with Crippen LogP contribution >= 0.6 is 0 Å². The molecule has 0 spiro atoms. The lowest BCUT2D eigenvalue weighted by molar-refractivity contribution is 0.729. The Balaban J connectivity index is 1.09. The molecule has 0 unspecified atom stereocenters. The molecule has 0 radical (unpaired) electrons. The van der Waals surface area contributed by atoms with Gasteiger partial charge in [0.25, 0.3) is 0 Å². The molecule has 3 heterocycles. The molecule has 10 aromatic rings. The molecule has 2 aliphatic carbocycles. The maximum Gasteiger partial charge on any atom is 0.0542 e. The van der Waals surface area contributed by atoms with Crippen LogP contribution < -0.4 is 9.80 Å². The highest BCUT2D eigenvalue weighted by atomic mass is 15.2. The smallest absolute Gasteiger partial charge is 0.0542 e. The molecule has 0 aliphatic heterocycles. The highest BCUT2D eigenvalue weighted by molar-refractivity contribution is 6.13. The molecule has 5 heteroatoms. The van der Waals surface area contributed by atoms with E-state index in [2.05, 4.69) is 226 Å². The van der Waals surface area contributed by atoms with Crippen LogP contribution in [-0.2, 0) is 19.5 Å². The van der Waals surface area contributed by atoms with E-state index in [9.17, 15) is 0 Å². The quantitative estimate of drug-likeness (QED) is 0.145. The Morgan fingerprint density at radius 3 is 1.77 bits per heavy atom. The average molecular weight is 830 g/mol. The zero-order valence-electron chi connectivity index (χ0n) is 36.8. The van der Waals surface area contributed by atoms with Crippen LogP contribution in [0.4, 0.5) is 28.4 Å². The summed E-state index contributed by atoms with van der Waals surface area (Å²) in [6.45, 7) is 8.73. The maximum atomic E-state index is 2.53. The van der Waals surface area contributed by atoms with Crippen molar-refractivity contribution in [2.75, 3.05) is 9.80 Å². The fourth-order valence-electron chi connectivity index (χ4n) is 11.0. The summed E-state index contributed by atoms with van der Waals surface area (Å²) < 4.78 is 7.40. The first-order chi connectivity index (χ1) is 31.6. The van der Waals surface area contributed by atoms with E-state index in [-0.39, 0.29) is 0 Å². The van der Waals surface area contributed by atoms with Crippen LogP contribution in [0.3, 0.4) is 0 Å². The molecular weight excluding hydrogens is 779 g/mol. The van der Waals surface area contributed by atoms with Gasteiger partial charge >= 0.3 is 0 Å². The van der Waals surface area contributed by atoms with Gasteiger partial charge in [-0.1, -0.05) is 78.9 Å². The van der Waals surface area contributed by atoms with Crippen LogP contribution in [0, 0.1) is 6.92 Å². The van der Waals surface area contributed by atoms with Crippen molar-refractivity contribution in [2.24, 2.45) is 0 Å². The SMILES string of the molecule is CCn1c2c(c3c(C)c(N(c4ccccc4)c4ccc5c(c4)c4cc(N(C6=CCCC=C6)c6ccc7c(c6)c6ccccc6n7CC)ccc4n5-c4ccccc4)ccc31)C=CCC2. The molecular formula is C59H51N5. The number of anilines is 5. The first-order valence-corrected chi connectivity index (χ1v) is 23.1. The van der Waals surface area contributed by atoms with E-state index in [4.69, 9.17) is 0 Å². The van der Waals surface area contributed by atoms with Crippen LogP contribution in [0.25, 0.3) is 66.3 Å². The highest BCUT2D eigenvalue weighted by Gasteiger charge is 2.25. The zero-order valence-corrected chi connectivity index (χ0v) is 36.8. The molecule has 3 aromatic heterocycles. The molecule has 0 N–H and O–H groups in total. The van der Waals surface area contributed by atoms with Crippen molar-refractivity contribution >= 4 is 89.0 Å². The minimum Gasteiger partial charge on any atom is -0.344 e. The van der Waals surface area contributed by atoms with Crippen LogP contribution in [0.2, 0.25) is 0 Å². The van der Waals surface area contributed by atoms with Gasteiger partial charge < -0.3 is 23.5 Å². The lowest BCUT2D eigenvalue weighted by Crippen LogP contribution is -2.16. The number of aryl methyl sites for hydroxylation is 3. The summed E-state index contributed by atoms with van der Waals surface area (Å²) in [6.07, 6.45) is 16.0. The van der Waals surface area contributed by atoms with Gasteiger partial charge in [0.15, 0.2) is 0 Å². The van der Waals surface area contributed by atoms with Crippen molar-refractivity contribution in [2.45, 2.75) is 59.5 Å². The highest BCUT2D eigenvalue weighted by Crippen LogP contribution is 2.46. The molecule has 64 heavy (non-hydrogen) atoms. The number of fused-ring (bicyclic) bond motifs is 9. The largest absolute Gasteiger partial charge is 0.344 e. The molecule has 2 aliphatic rings. The fourth-order valence-corrected chi connectivity index (χ4v) is 11.0. The van der Waals surface area contributed by atoms with Crippen molar-refractivity contribution in [1.82, 2.24) is 13.7 Å². The number of benzene rings is 7. The van der Waals surface area contributed by atoms with Crippen LogP contribution in [0.15, 0.2) is 182 Å². The maximum absolute atomic E-state index is 2.53. The van der Waals surface area contributed by atoms with Crippen molar-refractivity contribution in [1.29, 1.82) is 0 Å². The van der Waals surface area contributed by atoms with E-state index in [1.54, 1.807) is 0 Å². The Bertz CT molecular complexity index is 3540. The standard InChI is InChI=1S/C59H51N5/c1-4-60-53-27-17-15-25-47(53)49-37-44(29-32-55(49)60)62(41-19-9-6-10-20-41)45-30-33-56-50(38-45)51-39-46(31-34-57(51)64(56)43-23-13-8-14-24-43)63(42-21-11-7-12-22-42)52-35-36-58-59(40(52)3)48-26-16-18-28-54(48)61(58)5-2/h7-9,11-17,19-27,29-39H,4-6,10,18,28H2,1-3H3. The predicted molar refractivity (Wildman–Crippen MR) is 272 cm³/mol. The zero-order chi connectivity index (χ0) is 42.9. The van der Waals surface area contributed by atoms with Gasteiger partial charge in [-0.2, -0.15) is 0 Å². The van der Waals surface area contributed by atoms with Gasteiger partial charge in [0.05, 0.1) is 11.0 Å². The summed E-state index contributed by atoms with van der Waals surface area (Å²) in [5.41, 5.74) is 18.5. The summed E-state index contributed by atoms with van der Waals surface area (Å²) in [6, 6.07) is 56.5. The summed E-state index contributed by atoms with van der Waals surface area (Å²) >= 11 is 0. The van der Waals surface area contributed by atoms with E-state index < -0.39 is 0 Å². The van der Waals surface area contributed by atoms with E-state index in [1.165, 1.54) is 82.7 Å². The van der Waals surface area contributed by atoms with Crippen LogP contribution in [0.5, 0.6) is 0 Å². The van der Waals surface area contributed by atoms with Crippen LogP contribution in [-0.4, -0.2) is 13.7 Å². The minimum absolute atomic E-state index is 0.923. The van der Waals surface area contributed by atoms with Gasteiger partial charge in [0, 0.05) is 108 Å². The van der Waals surface area contributed by atoms with E-state index in [0.29, 0.717) is 0 Å². The second-order valence-electron chi connectivity index (χ2n) is 17.3. The first kappa shape index (κ1) is 38.2. The van der Waals surface area contributed by atoms with Gasteiger partial charge in [0.1, 0.15) is 0 Å². The number of hydrogen-bond donors (Lipinski definition) is 0. The third kappa shape index (κ3) is 5.91. The molecule has 0 atom stereocenters. The molecule has 0 fully saturated rings. The third-order valence-corrected chi connectivity index (χ3v) is 13.8. The van der Waals surface area contributed by atoms with E-state index in [0.717, 1.165) is 67.2 Å². The number of aromatic nitrogens is 3. The molecule has 0 saturated carbocycles. The Morgan fingerprint density at radius 2 is 1.08 bits per heavy atom. The summed E-state index contributed by atoms with van der Waals surface area (Å²) in [5, 5.41) is 6.36. The summed E-state index contributed by atoms with van der Waals surface area (Å²) in [5.74, 6) is 0. The van der Waals surface area contributed by atoms with E-state index >= 15 is 0 Å². The lowest BCUT2D eigenvalue weighted by atomic mass is 9.98. The molecule has 0 amide bonds. The van der Waals surface area contributed by atoms with E-state index in [1.807, 2.05) is 0 Å². The number of nitrogens with zero attached hydrogens (tertiary/aromatic N) is 5. The molecule has 312 valence electrons.